The highest BCUT2D eigenvalue weighted by Gasteiger charge is 1.93. The molecule has 0 aliphatic rings. The van der Waals surface area contributed by atoms with Gasteiger partial charge in [0, 0.05) is 20.7 Å². The maximum atomic E-state index is 5.31. The monoisotopic (exact) mass is 309 g/mol. The average Bonchev–Trinajstić information content (AvgIpc) is 2.46. The summed E-state index contributed by atoms with van der Waals surface area (Å²) in [4.78, 5) is 0. The number of anilines is 1. The molecule has 0 bridgehead atoms. The zero-order chi connectivity index (χ0) is 14.6. The minimum atomic E-state index is 0.494. The van der Waals surface area contributed by atoms with Crippen LogP contribution in [0.1, 0.15) is 26.7 Å². The van der Waals surface area contributed by atoms with E-state index in [1.54, 1.807) is 0 Å². The predicted octanol–water partition coefficient (Wildman–Crippen LogP) is 5.17. The molecule has 110 valence electrons. The van der Waals surface area contributed by atoms with Crippen LogP contribution >= 0.6 is 17.4 Å². The molecular weight excluding hydrogens is 284 g/mol. The first kappa shape index (κ1) is 17.4. The molecule has 0 spiro atoms. The highest BCUT2D eigenvalue weighted by atomic mass is 32.0. The highest BCUT2D eigenvalue weighted by molar-refractivity contribution is 8.00. The largest absolute Gasteiger partial charge is 0.381 e. The van der Waals surface area contributed by atoms with E-state index in [1.165, 1.54) is 16.8 Å². The Morgan fingerprint density at radius 2 is 1.95 bits per heavy atom. The molecule has 2 atom stereocenters. The van der Waals surface area contributed by atoms with Crippen LogP contribution in [0.5, 0.6) is 0 Å². The Kier molecular flexibility index (Phi) is 9.58. The molecule has 0 radical (unpaired) electrons. The molecule has 1 aromatic rings. The molecule has 1 rings (SSSR count). The van der Waals surface area contributed by atoms with Crippen LogP contribution in [-0.2, 0) is 4.52 Å². The fraction of sp³-hybridized carbons (Fsp3) is 0.375. The van der Waals surface area contributed by atoms with Gasteiger partial charge in [-0.2, -0.15) is 0 Å². The Morgan fingerprint density at radius 1 is 1.20 bits per heavy atom. The molecule has 1 aromatic carbocycles. The van der Waals surface area contributed by atoms with Gasteiger partial charge in [-0.05, 0) is 38.8 Å². The van der Waals surface area contributed by atoms with Crippen LogP contribution in [0.3, 0.4) is 0 Å². The van der Waals surface area contributed by atoms with Crippen molar-refractivity contribution in [3.63, 3.8) is 0 Å². The van der Waals surface area contributed by atoms with Crippen molar-refractivity contribution in [2.45, 2.75) is 26.7 Å². The van der Waals surface area contributed by atoms with Gasteiger partial charge in [-0.1, -0.05) is 50.4 Å². The summed E-state index contributed by atoms with van der Waals surface area (Å²) in [5, 5.41) is 3.42. The van der Waals surface area contributed by atoms with Gasteiger partial charge < -0.3 is 9.84 Å². The third kappa shape index (κ3) is 8.48. The topological polar surface area (TPSA) is 21.3 Å². The number of para-hydroxylation sites is 1. The standard InChI is InChI=1S/C16H25NOP2/c1-14(11-12-18-20-19)7-6-8-15(2)13-17-16-9-4-3-5-10-16/h3-5,8-11,17,20H,6-7,12-13,19H2,1-2H3. The number of nitrogens with one attached hydrogen (secondary N) is 1. The van der Waals surface area contributed by atoms with E-state index in [0.29, 0.717) is 8.50 Å². The predicted molar refractivity (Wildman–Crippen MR) is 95.7 cm³/mol. The van der Waals surface area contributed by atoms with Crippen LogP contribution in [0.4, 0.5) is 5.69 Å². The van der Waals surface area contributed by atoms with Crippen LogP contribution in [0, 0.1) is 0 Å². The molecule has 0 heterocycles. The Balaban J connectivity index is 2.23. The number of allylic oxidation sites excluding steroid dienone is 2. The third-order valence-electron chi connectivity index (χ3n) is 2.98. The van der Waals surface area contributed by atoms with Crippen LogP contribution in [0.2, 0.25) is 0 Å². The third-order valence-corrected chi connectivity index (χ3v) is 3.81. The number of rotatable bonds is 9. The molecule has 0 aliphatic carbocycles. The van der Waals surface area contributed by atoms with Gasteiger partial charge in [0.15, 0.2) is 0 Å². The molecule has 0 saturated heterocycles. The van der Waals surface area contributed by atoms with Crippen molar-refractivity contribution in [1.82, 2.24) is 0 Å². The van der Waals surface area contributed by atoms with Crippen molar-refractivity contribution in [2.75, 3.05) is 18.5 Å². The van der Waals surface area contributed by atoms with E-state index in [1.807, 2.05) is 18.2 Å². The molecule has 0 aromatic heterocycles. The maximum absolute atomic E-state index is 5.31. The van der Waals surface area contributed by atoms with Crippen molar-refractivity contribution in [1.29, 1.82) is 0 Å². The van der Waals surface area contributed by atoms with Gasteiger partial charge in [-0.3, -0.25) is 0 Å². The summed E-state index contributed by atoms with van der Waals surface area (Å²) >= 11 is 0. The summed E-state index contributed by atoms with van der Waals surface area (Å²) in [5.41, 5.74) is 3.95. The summed E-state index contributed by atoms with van der Waals surface area (Å²) in [6, 6.07) is 10.3. The van der Waals surface area contributed by atoms with Crippen LogP contribution in [0.25, 0.3) is 0 Å². The summed E-state index contributed by atoms with van der Waals surface area (Å²) in [7, 11) is 3.08. The Hall–Kier alpha value is -0.680. The van der Waals surface area contributed by atoms with Gasteiger partial charge in [0.05, 0.1) is 6.61 Å². The van der Waals surface area contributed by atoms with Crippen molar-refractivity contribution in [3.05, 3.63) is 53.6 Å². The van der Waals surface area contributed by atoms with Gasteiger partial charge in [0.25, 0.3) is 0 Å². The van der Waals surface area contributed by atoms with Gasteiger partial charge in [-0.15, -0.1) is 0 Å². The van der Waals surface area contributed by atoms with Crippen LogP contribution < -0.4 is 5.32 Å². The second-order valence-corrected chi connectivity index (χ2v) is 6.02. The van der Waals surface area contributed by atoms with E-state index in [2.05, 4.69) is 52.4 Å². The lowest BCUT2D eigenvalue weighted by Gasteiger charge is -2.06. The molecule has 4 heteroatoms. The van der Waals surface area contributed by atoms with E-state index in [-0.39, 0.29) is 0 Å². The lowest BCUT2D eigenvalue weighted by Crippen LogP contribution is -2.02. The van der Waals surface area contributed by atoms with Crippen molar-refractivity contribution in [3.8, 4) is 0 Å². The maximum Gasteiger partial charge on any atom is 0.0693 e. The molecule has 1 N–H and O–H groups in total. The lowest BCUT2D eigenvalue weighted by atomic mass is 10.1. The quantitative estimate of drug-likeness (QED) is 0.386. The first-order valence-electron chi connectivity index (χ1n) is 6.90. The molecule has 0 aliphatic heterocycles. The minimum absolute atomic E-state index is 0.494. The molecule has 0 amide bonds. The smallest absolute Gasteiger partial charge is 0.0693 e. The minimum Gasteiger partial charge on any atom is -0.381 e. The van der Waals surface area contributed by atoms with Crippen molar-refractivity contribution >= 4 is 23.1 Å². The summed E-state index contributed by atoms with van der Waals surface area (Å²) in [6.45, 7) is 5.98. The molecule has 0 saturated carbocycles. The zero-order valence-electron chi connectivity index (χ0n) is 12.4. The normalized spacial score (nSPS) is 13.2. The van der Waals surface area contributed by atoms with Gasteiger partial charge in [0.1, 0.15) is 0 Å². The molecule has 2 unspecified atom stereocenters. The fourth-order valence-electron chi connectivity index (χ4n) is 1.75. The molecular formula is C16H25NOP2. The first-order valence-corrected chi connectivity index (χ1v) is 9.61. The number of hydrogen-bond donors (Lipinski definition) is 1. The van der Waals surface area contributed by atoms with E-state index in [4.69, 9.17) is 4.52 Å². The Bertz CT molecular complexity index is 429. The zero-order valence-corrected chi connectivity index (χ0v) is 14.5. The molecule has 0 fully saturated rings. The molecule has 2 nitrogen and oxygen atoms in total. The Morgan fingerprint density at radius 3 is 2.65 bits per heavy atom. The number of hydrogen-bond acceptors (Lipinski definition) is 2. The average molecular weight is 309 g/mol. The number of benzene rings is 1. The molecule has 20 heavy (non-hydrogen) atoms. The van der Waals surface area contributed by atoms with Crippen molar-refractivity contribution in [2.24, 2.45) is 0 Å². The fourth-order valence-corrected chi connectivity index (χ4v) is 2.22. The highest BCUT2D eigenvalue weighted by Crippen LogP contribution is 2.21. The van der Waals surface area contributed by atoms with Gasteiger partial charge in [-0.25, -0.2) is 0 Å². The second kappa shape index (κ2) is 11.0. The summed E-state index contributed by atoms with van der Waals surface area (Å²) in [5.74, 6) is 0. The van der Waals surface area contributed by atoms with Crippen molar-refractivity contribution < 1.29 is 4.52 Å². The van der Waals surface area contributed by atoms with Gasteiger partial charge >= 0.3 is 0 Å². The SMILES string of the molecule is CC(=CCOPP)CCC=C(C)CNc1ccccc1. The Labute approximate surface area is 127 Å². The summed E-state index contributed by atoms with van der Waals surface area (Å²) in [6.07, 6.45) is 6.67. The van der Waals surface area contributed by atoms with E-state index in [9.17, 15) is 0 Å². The van der Waals surface area contributed by atoms with Gasteiger partial charge in [0.2, 0.25) is 0 Å². The van der Waals surface area contributed by atoms with E-state index >= 15 is 0 Å². The second-order valence-electron chi connectivity index (χ2n) is 4.79. The first-order chi connectivity index (χ1) is 9.72. The lowest BCUT2D eigenvalue weighted by molar-refractivity contribution is 0.422. The summed E-state index contributed by atoms with van der Waals surface area (Å²) < 4.78 is 5.31. The van der Waals surface area contributed by atoms with Crippen LogP contribution in [0.15, 0.2) is 53.6 Å². The van der Waals surface area contributed by atoms with E-state index in [0.717, 1.165) is 26.0 Å². The van der Waals surface area contributed by atoms with Crippen LogP contribution in [-0.4, -0.2) is 13.2 Å². The van der Waals surface area contributed by atoms with E-state index < -0.39 is 0 Å².